The highest BCUT2D eigenvalue weighted by molar-refractivity contribution is 5.12. The lowest BCUT2D eigenvalue weighted by Gasteiger charge is -2.23. The van der Waals surface area contributed by atoms with E-state index in [4.69, 9.17) is 5.73 Å². The third kappa shape index (κ3) is 3.35. The first-order valence-electron chi connectivity index (χ1n) is 5.30. The predicted octanol–water partition coefficient (Wildman–Crippen LogP) is 3.03. The number of nitrogens with two attached hydrogens (primary N) is 1. The highest BCUT2D eigenvalue weighted by Gasteiger charge is 2.15. The van der Waals surface area contributed by atoms with Crippen molar-refractivity contribution in [2.24, 2.45) is 11.7 Å². The standard InChI is InChI=1S/C12H21N/c1-3-12(13)10(2)9-11-7-5-4-6-8-11/h3,11-12H,1-2,4-9,13H2/t12-/m1/s1. The Morgan fingerprint density at radius 1 is 1.38 bits per heavy atom. The average molecular weight is 179 g/mol. The fourth-order valence-electron chi connectivity index (χ4n) is 2.06. The van der Waals surface area contributed by atoms with Crippen molar-refractivity contribution < 1.29 is 0 Å². The van der Waals surface area contributed by atoms with Crippen LogP contribution in [-0.2, 0) is 0 Å². The van der Waals surface area contributed by atoms with Crippen molar-refractivity contribution in [2.45, 2.75) is 44.6 Å². The minimum Gasteiger partial charge on any atom is -0.321 e. The van der Waals surface area contributed by atoms with Crippen LogP contribution in [0.15, 0.2) is 24.8 Å². The zero-order valence-electron chi connectivity index (χ0n) is 8.47. The molecule has 0 saturated heterocycles. The van der Waals surface area contributed by atoms with Gasteiger partial charge in [-0.1, -0.05) is 50.3 Å². The lowest BCUT2D eigenvalue weighted by molar-refractivity contribution is 0.353. The SMILES string of the molecule is C=C[C@@H](N)C(=C)CC1CCCCC1. The molecule has 1 saturated carbocycles. The summed E-state index contributed by atoms with van der Waals surface area (Å²) in [5.74, 6) is 0.840. The molecule has 0 heterocycles. The molecule has 0 aromatic carbocycles. The summed E-state index contributed by atoms with van der Waals surface area (Å²) in [6, 6.07) is 0.00178. The van der Waals surface area contributed by atoms with E-state index in [-0.39, 0.29) is 6.04 Å². The first kappa shape index (κ1) is 10.5. The average Bonchev–Trinajstić information content (AvgIpc) is 2.18. The van der Waals surface area contributed by atoms with Gasteiger partial charge in [0.1, 0.15) is 0 Å². The van der Waals surface area contributed by atoms with E-state index in [2.05, 4.69) is 13.2 Å². The molecule has 0 aromatic heterocycles. The van der Waals surface area contributed by atoms with Crippen molar-refractivity contribution in [2.75, 3.05) is 0 Å². The summed E-state index contributed by atoms with van der Waals surface area (Å²) in [6.07, 6.45) is 9.81. The molecule has 1 nitrogen and oxygen atoms in total. The zero-order valence-corrected chi connectivity index (χ0v) is 8.47. The molecule has 0 spiro atoms. The van der Waals surface area contributed by atoms with Crippen molar-refractivity contribution in [1.29, 1.82) is 0 Å². The Labute approximate surface area is 81.7 Å². The summed E-state index contributed by atoms with van der Waals surface area (Å²) in [4.78, 5) is 0. The van der Waals surface area contributed by atoms with Gasteiger partial charge in [-0.15, -0.1) is 6.58 Å². The largest absolute Gasteiger partial charge is 0.321 e. The van der Waals surface area contributed by atoms with E-state index in [1.165, 1.54) is 32.1 Å². The van der Waals surface area contributed by atoms with E-state index in [1.807, 2.05) is 0 Å². The molecule has 1 aliphatic carbocycles. The van der Waals surface area contributed by atoms with Gasteiger partial charge in [0.15, 0.2) is 0 Å². The Morgan fingerprint density at radius 3 is 2.54 bits per heavy atom. The topological polar surface area (TPSA) is 26.0 Å². The van der Waals surface area contributed by atoms with E-state index in [9.17, 15) is 0 Å². The fourth-order valence-corrected chi connectivity index (χ4v) is 2.06. The first-order chi connectivity index (χ1) is 6.24. The Morgan fingerprint density at radius 2 is 2.00 bits per heavy atom. The molecule has 1 fully saturated rings. The maximum Gasteiger partial charge on any atom is 0.0435 e. The highest BCUT2D eigenvalue weighted by Crippen LogP contribution is 2.29. The third-order valence-electron chi connectivity index (χ3n) is 3.00. The van der Waals surface area contributed by atoms with Crippen molar-refractivity contribution in [3.8, 4) is 0 Å². The van der Waals surface area contributed by atoms with Gasteiger partial charge in [-0.2, -0.15) is 0 Å². The summed E-state index contributed by atoms with van der Waals surface area (Å²) in [5.41, 5.74) is 6.97. The molecule has 13 heavy (non-hydrogen) atoms. The number of rotatable bonds is 4. The minimum absolute atomic E-state index is 0.00178. The lowest BCUT2D eigenvalue weighted by Crippen LogP contribution is -2.21. The van der Waals surface area contributed by atoms with Crippen molar-refractivity contribution in [3.05, 3.63) is 24.8 Å². The highest BCUT2D eigenvalue weighted by atomic mass is 14.6. The summed E-state index contributed by atoms with van der Waals surface area (Å²) in [6.45, 7) is 7.71. The van der Waals surface area contributed by atoms with Crippen LogP contribution >= 0.6 is 0 Å². The van der Waals surface area contributed by atoms with Crippen LogP contribution in [0.3, 0.4) is 0 Å². The van der Waals surface area contributed by atoms with Crippen LogP contribution in [0, 0.1) is 5.92 Å². The molecule has 74 valence electrons. The lowest BCUT2D eigenvalue weighted by atomic mass is 9.84. The second-order valence-corrected chi connectivity index (χ2v) is 4.13. The zero-order chi connectivity index (χ0) is 9.68. The molecule has 1 rings (SSSR count). The van der Waals surface area contributed by atoms with Crippen LogP contribution < -0.4 is 5.73 Å². The second-order valence-electron chi connectivity index (χ2n) is 4.13. The summed E-state index contributed by atoms with van der Waals surface area (Å²) in [5, 5.41) is 0. The van der Waals surface area contributed by atoms with Gasteiger partial charge >= 0.3 is 0 Å². The van der Waals surface area contributed by atoms with E-state index in [1.54, 1.807) is 6.08 Å². The molecule has 1 heteroatoms. The van der Waals surface area contributed by atoms with E-state index >= 15 is 0 Å². The smallest absolute Gasteiger partial charge is 0.0435 e. The molecule has 1 aliphatic rings. The Balaban J connectivity index is 2.29. The Bertz CT molecular complexity index is 178. The first-order valence-corrected chi connectivity index (χ1v) is 5.30. The Hall–Kier alpha value is -0.560. The van der Waals surface area contributed by atoms with E-state index < -0.39 is 0 Å². The van der Waals surface area contributed by atoms with Gasteiger partial charge in [0, 0.05) is 6.04 Å². The minimum atomic E-state index is 0.00178. The van der Waals surface area contributed by atoms with Gasteiger partial charge in [-0.05, 0) is 12.3 Å². The van der Waals surface area contributed by atoms with Crippen LogP contribution in [0.2, 0.25) is 0 Å². The van der Waals surface area contributed by atoms with Crippen molar-refractivity contribution in [3.63, 3.8) is 0 Å². The number of hydrogen-bond donors (Lipinski definition) is 1. The van der Waals surface area contributed by atoms with E-state index in [0.29, 0.717) is 0 Å². The molecule has 0 aromatic rings. The second kappa shape index (κ2) is 5.23. The molecular weight excluding hydrogens is 158 g/mol. The van der Waals surface area contributed by atoms with Crippen LogP contribution in [0.25, 0.3) is 0 Å². The molecule has 0 radical (unpaired) electrons. The number of hydrogen-bond acceptors (Lipinski definition) is 1. The maximum absolute atomic E-state index is 5.82. The van der Waals surface area contributed by atoms with Crippen molar-refractivity contribution in [1.82, 2.24) is 0 Å². The van der Waals surface area contributed by atoms with Crippen LogP contribution in [0.1, 0.15) is 38.5 Å². The maximum atomic E-state index is 5.82. The van der Waals surface area contributed by atoms with E-state index in [0.717, 1.165) is 17.9 Å². The Kier molecular flexibility index (Phi) is 4.23. The molecule has 0 unspecified atom stereocenters. The molecule has 1 atom stereocenters. The normalized spacial score (nSPS) is 21.0. The van der Waals surface area contributed by atoms with Gasteiger partial charge in [0.05, 0.1) is 0 Å². The monoisotopic (exact) mass is 179 g/mol. The van der Waals surface area contributed by atoms with Crippen molar-refractivity contribution >= 4 is 0 Å². The van der Waals surface area contributed by atoms with Crippen LogP contribution in [-0.4, -0.2) is 6.04 Å². The molecule has 0 bridgehead atoms. The van der Waals surface area contributed by atoms with Gasteiger partial charge in [0.2, 0.25) is 0 Å². The fraction of sp³-hybridized carbons (Fsp3) is 0.667. The third-order valence-corrected chi connectivity index (χ3v) is 3.00. The predicted molar refractivity (Wildman–Crippen MR) is 58.5 cm³/mol. The quantitative estimate of drug-likeness (QED) is 0.660. The molecule has 0 amide bonds. The molecule has 2 N–H and O–H groups in total. The van der Waals surface area contributed by atoms with Crippen LogP contribution in [0.4, 0.5) is 0 Å². The molecular formula is C12H21N. The van der Waals surface area contributed by atoms with Gasteiger partial charge < -0.3 is 5.73 Å². The van der Waals surface area contributed by atoms with Gasteiger partial charge in [0.25, 0.3) is 0 Å². The molecule has 0 aliphatic heterocycles. The van der Waals surface area contributed by atoms with Crippen LogP contribution in [0.5, 0.6) is 0 Å². The van der Waals surface area contributed by atoms with Gasteiger partial charge in [-0.3, -0.25) is 0 Å². The van der Waals surface area contributed by atoms with Gasteiger partial charge in [-0.25, -0.2) is 0 Å². The summed E-state index contributed by atoms with van der Waals surface area (Å²) >= 11 is 0. The summed E-state index contributed by atoms with van der Waals surface area (Å²) < 4.78 is 0. The summed E-state index contributed by atoms with van der Waals surface area (Å²) in [7, 11) is 0.